The van der Waals surface area contributed by atoms with Gasteiger partial charge in [-0.3, -0.25) is 14.5 Å². The Morgan fingerprint density at radius 1 is 1.04 bits per heavy atom. The van der Waals surface area contributed by atoms with E-state index in [9.17, 15) is 9.59 Å². The monoisotopic (exact) mass is 365 g/mol. The van der Waals surface area contributed by atoms with Crippen LogP contribution in [0.1, 0.15) is 66.7 Å². The molecule has 1 unspecified atom stereocenters. The van der Waals surface area contributed by atoms with E-state index < -0.39 is 0 Å². The predicted octanol–water partition coefficient (Wildman–Crippen LogP) is 2.90. The van der Waals surface area contributed by atoms with Gasteiger partial charge in [-0.2, -0.15) is 0 Å². The highest BCUT2D eigenvalue weighted by Crippen LogP contribution is 2.28. The van der Waals surface area contributed by atoms with Crippen LogP contribution in [-0.4, -0.2) is 60.4 Å². The van der Waals surface area contributed by atoms with E-state index in [1.165, 1.54) is 12.8 Å². The minimum Gasteiger partial charge on any atom is -0.352 e. The maximum Gasteiger partial charge on any atom is 0.234 e. The van der Waals surface area contributed by atoms with Gasteiger partial charge in [0.05, 0.1) is 6.54 Å². The Hall–Kier alpha value is -1.10. The average Bonchev–Trinajstić information content (AvgIpc) is 2.56. The third kappa shape index (κ3) is 6.57. The number of nitrogens with zero attached hydrogens (tertiary/aromatic N) is 2. The molecule has 0 aromatic rings. The molecule has 2 amide bonds. The third-order valence-corrected chi connectivity index (χ3v) is 6.43. The molecule has 1 aliphatic carbocycles. The summed E-state index contributed by atoms with van der Waals surface area (Å²) in [7, 11) is 0. The van der Waals surface area contributed by atoms with E-state index >= 15 is 0 Å². The highest BCUT2D eigenvalue weighted by atomic mass is 16.2. The van der Waals surface area contributed by atoms with Gasteiger partial charge in [0.25, 0.3) is 0 Å². The summed E-state index contributed by atoms with van der Waals surface area (Å²) in [6.07, 6.45) is 5.28. The first-order chi connectivity index (χ1) is 12.1. The van der Waals surface area contributed by atoms with Crippen molar-refractivity contribution in [3.05, 3.63) is 0 Å². The van der Waals surface area contributed by atoms with Crippen molar-refractivity contribution < 1.29 is 9.59 Å². The molecular formula is C21H39N3O2. The van der Waals surface area contributed by atoms with Gasteiger partial charge in [-0.25, -0.2) is 0 Å². The highest BCUT2D eigenvalue weighted by Gasteiger charge is 2.28. The topological polar surface area (TPSA) is 52.7 Å². The second-order valence-corrected chi connectivity index (χ2v) is 9.65. The fraction of sp³-hybridized carbons (Fsp3) is 0.905. The molecule has 150 valence electrons. The lowest BCUT2D eigenvalue weighted by atomic mass is 9.80. The summed E-state index contributed by atoms with van der Waals surface area (Å²) < 4.78 is 0. The first-order valence-electron chi connectivity index (χ1n) is 10.4. The summed E-state index contributed by atoms with van der Waals surface area (Å²) in [5.74, 6) is 1.57. The zero-order chi connectivity index (χ0) is 19.3. The maximum atomic E-state index is 12.5. The van der Waals surface area contributed by atoms with Crippen LogP contribution < -0.4 is 5.32 Å². The van der Waals surface area contributed by atoms with E-state index in [-0.39, 0.29) is 17.2 Å². The first kappa shape index (κ1) is 21.2. The smallest absolute Gasteiger partial charge is 0.234 e. The second-order valence-electron chi connectivity index (χ2n) is 9.65. The van der Waals surface area contributed by atoms with Crippen LogP contribution in [0, 0.1) is 17.3 Å². The van der Waals surface area contributed by atoms with Crippen LogP contribution in [0.15, 0.2) is 0 Å². The van der Waals surface area contributed by atoms with Crippen LogP contribution in [-0.2, 0) is 9.59 Å². The van der Waals surface area contributed by atoms with Gasteiger partial charge in [0.15, 0.2) is 0 Å². The van der Waals surface area contributed by atoms with Gasteiger partial charge in [-0.15, -0.1) is 0 Å². The number of piperazine rings is 1. The Balaban J connectivity index is 1.68. The van der Waals surface area contributed by atoms with Gasteiger partial charge in [-0.05, 0) is 42.9 Å². The van der Waals surface area contributed by atoms with Gasteiger partial charge >= 0.3 is 0 Å². The molecule has 1 aliphatic heterocycles. The Kier molecular flexibility index (Phi) is 7.51. The lowest BCUT2D eigenvalue weighted by molar-refractivity contribution is -0.135. The van der Waals surface area contributed by atoms with E-state index in [0.717, 1.165) is 44.9 Å². The van der Waals surface area contributed by atoms with Crippen LogP contribution in [0.2, 0.25) is 0 Å². The van der Waals surface area contributed by atoms with Crippen LogP contribution in [0.5, 0.6) is 0 Å². The molecule has 26 heavy (non-hydrogen) atoms. The second kappa shape index (κ2) is 9.20. The van der Waals surface area contributed by atoms with E-state index in [2.05, 4.69) is 44.8 Å². The molecule has 5 heteroatoms. The number of nitrogens with one attached hydrogen (secondary N) is 1. The fourth-order valence-electron chi connectivity index (χ4n) is 3.73. The molecule has 1 saturated carbocycles. The summed E-state index contributed by atoms with van der Waals surface area (Å²) in [6.45, 7) is 14.6. The van der Waals surface area contributed by atoms with Crippen molar-refractivity contribution in [3.63, 3.8) is 0 Å². The Morgan fingerprint density at radius 2 is 1.62 bits per heavy atom. The number of amides is 2. The van der Waals surface area contributed by atoms with E-state index in [1.807, 2.05) is 4.90 Å². The maximum absolute atomic E-state index is 12.5. The summed E-state index contributed by atoms with van der Waals surface area (Å²) in [5.41, 5.74) is 0.159. The average molecular weight is 366 g/mol. The molecule has 2 fully saturated rings. The molecule has 1 atom stereocenters. The molecular weight excluding hydrogens is 326 g/mol. The number of carbonyl (C=O) groups excluding carboxylic acids is 2. The van der Waals surface area contributed by atoms with Gasteiger partial charge in [0.2, 0.25) is 11.8 Å². The molecule has 1 saturated heterocycles. The quantitative estimate of drug-likeness (QED) is 0.815. The first-order valence-corrected chi connectivity index (χ1v) is 10.4. The highest BCUT2D eigenvalue weighted by molar-refractivity contribution is 5.78. The van der Waals surface area contributed by atoms with Crippen molar-refractivity contribution in [2.75, 3.05) is 32.7 Å². The van der Waals surface area contributed by atoms with Crippen molar-refractivity contribution in [3.8, 4) is 0 Å². The number of hydrogen-bond acceptors (Lipinski definition) is 3. The van der Waals surface area contributed by atoms with Crippen molar-refractivity contribution in [1.82, 2.24) is 15.1 Å². The molecule has 1 N–H and O–H groups in total. The molecule has 0 spiro atoms. The molecule has 0 aromatic heterocycles. The molecule has 2 rings (SSSR count). The molecule has 0 radical (unpaired) electrons. The number of carbonyl (C=O) groups is 2. The molecule has 0 aromatic carbocycles. The SMILES string of the molecule is CC1CCC(NC(=O)CN2CCN(C(=O)CC(C)C(C)(C)C)CC2)CC1. The van der Waals surface area contributed by atoms with Gasteiger partial charge in [0, 0.05) is 38.6 Å². The van der Waals surface area contributed by atoms with Crippen molar-refractivity contribution in [1.29, 1.82) is 0 Å². The zero-order valence-corrected chi connectivity index (χ0v) is 17.5. The van der Waals surface area contributed by atoms with Crippen molar-refractivity contribution in [2.45, 2.75) is 72.8 Å². The predicted molar refractivity (Wildman–Crippen MR) is 106 cm³/mol. The lowest BCUT2D eigenvalue weighted by Gasteiger charge is -2.36. The Morgan fingerprint density at radius 3 is 2.15 bits per heavy atom. The summed E-state index contributed by atoms with van der Waals surface area (Å²) in [5, 5.41) is 3.20. The fourth-order valence-corrected chi connectivity index (χ4v) is 3.73. The van der Waals surface area contributed by atoms with Crippen molar-refractivity contribution in [2.24, 2.45) is 17.3 Å². The zero-order valence-electron chi connectivity index (χ0n) is 17.5. The summed E-state index contributed by atoms with van der Waals surface area (Å²) >= 11 is 0. The molecule has 2 aliphatic rings. The molecule has 1 heterocycles. The minimum absolute atomic E-state index is 0.144. The largest absolute Gasteiger partial charge is 0.352 e. The molecule has 5 nitrogen and oxygen atoms in total. The van der Waals surface area contributed by atoms with Crippen LogP contribution in [0.3, 0.4) is 0 Å². The Labute approximate surface area is 159 Å². The van der Waals surface area contributed by atoms with Gasteiger partial charge in [-0.1, -0.05) is 34.6 Å². The lowest BCUT2D eigenvalue weighted by Crippen LogP contribution is -2.52. The summed E-state index contributed by atoms with van der Waals surface area (Å²) in [6, 6.07) is 0.362. The van der Waals surface area contributed by atoms with Crippen LogP contribution in [0.4, 0.5) is 0 Å². The van der Waals surface area contributed by atoms with Crippen molar-refractivity contribution >= 4 is 11.8 Å². The van der Waals surface area contributed by atoms with Gasteiger partial charge < -0.3 is 10.2 Å². The van der Waals surface area contributed by atoms with Crippen LogP contribution in [0.25, 0.3) is 0 Å². The van der Waals surface area contributed by atoms with Crippen LogP contribution >= 0.6 is 0 Å². The van der Waals surface area contributed by atoms with Gasteiger partial charge in [0.1, 0.15) is 0 Å². The minimum atomic E-state index is 0.144. The number of rotatable bonds is 5. The standard InChI is InChI=1S/C21H39N3O2/c1-16-6-8-18(9-7-16)22-19(25)15-23-10-12-24(13-11-23)20(26)14-17(2)21(3,4)5/h16-18H,6-15H2,1-5H3,(H,22,25). The molecule has 0 bridgehead atoms. The Bertz CT molecular complexity index is 470. The normalized spacial score (nSPS) is 26.4. The number of hydrogen-bond donors (Lipinski definition) is 1. The third-order valence-electron chi connectivity index (χ3n) is 6.43. The van der Waals surface area contributed by atoms with E-state index in [0.29, 0.717) is 24.9 Å². The summed E-state index contributed by atoms with van der Waals surface area (Å²) in [4.78, 5) is 29.0. The van der Waals surface area contributed by atoms with E-state index in [4.69, 9.17) is 0 Å². The van der Waals surface area contributed by atoms with E-state index in [1.54, 1.807) is 0 Å².